The predicted molar refractivity (Wildman–Crippen MR) is 125 cm³/mol. The van der Waals surface area contributed by atoms with Gasteiger partial charge in [0, 0.05) is 5.56 Å². The van der Waals surface area contributed by atoms with Crippen LogP contribution in [0.5, 0.6) is 0 Å². The van der Waals surface area contributed by atoms with Gasteiger partial charge in [0.05, 0.1) is 21.3 Å². The van der Waals surface area contributed by atoms with Crippen molar-refractivity contribution in [1.82, 2.24) is 24.7 Å². The fraction of sp³-hybridized carbons (Fsp3) is 0.174. The molecule has 5 rings (SSSR count). The van der Waals surface area contributed by atoms with Crippen molar-refractivity contribution < 1.29 is 27.2 Å². The molecule has 3 heterocycles. The van der Waals surface area contributed by atoms with Crippen molar-refractivity contribution >= 4 is 44.5 Å². The van der Waals surface area contributed by atoms with Crippen LogP contribution in [0.3, 0.4) is 0 Å². The number of rotatable bonds is 5. The third kappa shape index (κ3) is 4.33. The number of benzene rings is 2. The standard InChI is InChI=1S/C23H16F4N6O2S/c1-11(31-20-19-21(29-9-28-20)33(10-30-19)35-22(34)23(25,26)27)15-6-7-16-18(32-12(2)36-16)17(15)13-4-3-5-14(24)8-13/h3-11H,1-2H3,(H,28,29,31). The smallest absolute Gasteiger partial charge is 0.362 e. The van der Waals surface area contributed by atoms with Crippen molar-refractivity contribution in [2.45, 2.75) is 26.1 Å². The molecule has 0 saturated carbocycles. The van der Waals surface area contributed by atoms with Gasteiger partial charge in [0.2, 0.25) is 5.65 Å². The molecule has 0 aliphatic carbocycles. The molecule has 8 nitrogen and oxygen atoms in total. The maximum absolute atomic E-state index is 14.1. The minimum Gasteiger partial charge on any atom is -0.362 e. The van der Waals surface area contributed by atoms with E-state index in [0.29, 0.717) is 10.3 Å². The molecule has 0 spiro atoms. The van der Waals surface area contributed by atoms with Crippen LogP contribution in [0.25, 0.3) is 32.5 Å². The molecular formula is C23H16F4N6O2S. The molecule has 36 heavy (non-hydrogen) atoms. The Morgan fingerprint density at radius 1 is 1.14 bits per heavy atom. The number of carbonyl (C=O) groups excluding carboxylic acids is 1. The number of hydrogen-bond acceptors (Lipinski definition) is 8. The molecule has 2 aromatic carbocycles. The molecule has 5 aromatic rings. The highest BCUT2D eigenvalue weighted by molar-refractivity contribution is 7.18. The van der Waals surface area contributed by atoms with Gasteiger partial charge in [0.15, 0.2) is 11.3 Å². The Labute approximate surface area is 204 Å². The lowest BCUT2D eigenvalue weighted by Crippen LogP contribution is -2.33. The molecule has 13 heteroatoms. The van der Waals surface area contributed by atoms with Gasteiger partial charge >= 0.3 is 12.1 Å². The molecule has 0 fully saturated rings. The van der Waals surface area contributed by atoms with Crippen LogP contribution < -0.4 is 10.2 Å². The Bertz CT molecular complexity index is 1610. The number of nitrogens with one attached hydrogen (secondary N) is 1. The molecule has 1 unspecified atom stereocenters. The fourth-order valence-electron chi connectivity index (χ4n) is 3.84. The second kappa shape index (κ2) is 8.82. The van der Waals surface area contributed by atoms with Crippen LogP contribution in [-0.2, 0) is 4.79 Å². The molecule has 0 saturated heterocycles. The number of halogens is 4. The van der Waals surface area contributed by atoms with Crippen molar-refractivity contribution in [3.8, 4) is 11.1 Å². The van der Waals surface area contributed by atoms with Crippen molar-refractivity contribution in [3.05, 3.63) is 65.4 Å². The SMILES string of the molecule is Cc1nc2c(-c3cccc(F)c3)c(C(C)Nc3ncnc4c3ncn4OC(=O)C(F)(F)F)ccc2s1. The van der Waals surface area contributed by atoms with Crippen LogP contribution >= 0.6 is 11.3 Å². The van der Waals surface area contributed by atoms with Gasteiger partial charge in [0.1, 0.15) is 18.5 Å². The van der Waals surface area contributed by atoms with Crippen LogP contribution in [0.15, 0.2) is 49.1 Å². The fourth-order valence-corrected chi connectivity index (χ4v) is 4.68. The quantitative estimate of drug-likeness (QED) is 0.319. The number of hydrogen-bond donors (Lipinski definition) is 1. The van der Waals surface area contributed by atoms with Crippen LogP contribution in [-0.4, -0.2) is 36.8 Å². The first-order chi connectivity index (χ1) is 17.1. The van der Waals surface area contributed by atoms with Crippen molar-refractivity contribution in [1.29, 1.82) is 0 Å². The topological polar surface area (TPSA) is 94.8 Å². The number of nitrogens with zero attached hydrogens (tertiary/aromatic N) is 5. The number of carbonyl (C=O) groups is 1. The zero-order valence-electron chi connectivity index (χ0n) is 18.7. The van der Waals surface area contributed by atoms with Gasteiger partial charge < -0.3 is 10.2 Å². The first kappa shape index (κ1) is 23.6. The van der Waals surface area contributed by atoms with Crippen LogP contribution in [0.4, 0.5) is 23.4 Å². The van der Waals surface area contributed by atoms with Gasteiger partial charge in [0.25, 0.3) is 0 Å². The number of fused-ring (bicyclic) bond motifs is 2. The van der Waals surface area contributed by atoms with E-state index in [4.69, 9.17) is 0 Å². The summed E-state index contributed by atoms with van der Waals surface area (Å²) in [4.78, 5) is 32.3. The number of imidazole rings is 1. The number of aryl methyl sites for hydroxylation is 1. The lowest BCUT2D eigenvalue weighted by Gasteiger charge is -2.19. The monoisotopic (exact) mass is 516 g/mol. The minimum atomic E-state index is -5.18. The molecule has 0 bridgehead atoms. The second-order valence-electron chi connectivity index (χ2n) is 7.83. The average molecular weight is 516 g/mol. The maximum atomic E-state index is 14.1. The van der Waals surface area contributed by atoms with Gasteiger partial charge in [-0.05, 0) is 43.2 Å². The number of alkyl halides is 3. The second-order valence-corrected chi connectivity index (χ2v) is 9.06. The summed E-state index contributed by atoms with van der Waals surface area (Å²) in [6.45, 7) is 3.73. The summed E-state index contributed by atoms with van der Waals surface area (Å²) in [5.74, 6) is -2.59. The molecular weight excluding hydrogens is 500 g/mol. The summed E-state index contributed by atoms with van der Waals surface area (Å²) in [7, 11) is 0. The molecule has 0 radical (unpaired) electrons. The van der Waals surface area contributed by atoms with Gasteiger partial charge in [-0.25, -0.2) is 29.1 Å². The van der Waals surface area contributed by atoms with Crippen molar-refractivity contribution in [2.24, 2.45) is 0 Å². The number of anilines is 1. The van der Waals surface area contributed by atoms with Crippen LogP contribution in [0, 0.1) is 12.7 Å². The van der Waals surface area contributed by atoms with Crippen LogP contribution in [0.1, 0.15) is 23.5 Å². The zero-order chi connectivity index (χ0) is 25.6. The third-order valence-electron chi connectivity index (χ3n) is 5.35. The summed E-state index contributed by atoms with van der Waals surface area (Å²) in [5.41, 5.74) is 2.86. The molecule has 0 aliphatic heterocycles. The maximum Gasteiger partial charge on any atom is 0.493 e. The normalized spacial score (nSPS) is 12.7. The summed E-state index contributed by atoms with van der Waals surface area (Å²) in [5, 5.41) is 4.04. The van der Waals surface area contributed by atoms with Crippen molar-refractivity contribution in [2.75, 3.05) is 5.32 Å². The predicted octanol–water partition coefficient (Wildman–Crippen LogP) is 5.24. The van der Waals surface area contributed by atoms with Gasteiger partial charge in [-0.3, -0.25) is 0 Å². The molecule has 184 valence electrons. The van der Waals surface area contributed by atoms with E-state index in [1.165, 1.54) is 23.5 Å². The molecule has 3 aromatic heterocycles. The van der Waals surface area contributed by atoms with E-state index in [0.717, 1.165) is 39.0 Å². The Balaban J connectivity index is 1.54. The Morgan fingerprint density at radius 3 is 2.69 bits per heavy atom. The van der Waals surface area contributed by atoms with E-state index in [-0.39, 0.29) is 22.8 Å². The van der Waals surface area contributed by atoms with E-state index < -0.39 is 18.2 Å². The van der Waals surface area contributed by atoms with E-state index in [1.807, 2.05) is 26.0 Å². The molecule has 0 aliphatic rings. The van der Waals surface area contributed by atoms with Crippen LogP contribution in [0.2, 0.25) is 0 Å². The van der Waals surface area contributed by atoms with Gasteiger partial charge in [-0.1, -0.05) is 18.2 Å². The summed E-state index contributed by atoms with van der Waals surface area (Å²) in [6, 6.07) is 9.61. The lowest BCUT2D eigenvalue weighted by atomic mass is 9.94. The molecule has 1 atom stereocenters. The average Bonchev–Trinajstić information content (AvgIpc) is 3.40. The molecule has 1 N–H and O–H groups in total. The van der Waals surface area contributed by atoms with E-state index in [2.05, 4.69) is 30.1 Å². The third-order valence-corrected chi connectivity index (χ3v) is 6.29. The summed E-state index contributed by atoms with van der Waals surface area (Å²) in [6.07, 6.45) is -3.17. The van der Waals surface area contributed by atoms with E-state index >= 15 is 0 Å². The largest absolute Gasteiger partial charge is 0.493 e. The summed E-state index contributed by atoms with van der Waals surface area (Å²) >= 11 is 1.52. The number of thiazole rings is 1. The highest BCUT2D eigenvalue weighted by Crippen LogP contribution is 2.38. The molecule has 0 amide bonds. The van der Waals surface area contributed by atoms with Gasteiger partial charge in [-0.2, -0.15) is 13.2 Å². The van der Waals surface area contributed by atoms with E-state index in [1.54, 1.807) is 12.1 Å². The lowest BCUT2D eigenvalue weighted by molar-refractivity contribution is -0.199. The zero-order valence-corrected chi connectivity index (χ0v) is 19.5. The first-order valence-electron chi connectivity index (χ1n) is 10.5. The van der Waals surface area contributed by atoms with Gasteiger partial charge in [-0.15, -0.1) is 16.1 Å². The minimum absolute atomic E-state index is 0.0946. The Morgan fingerprint density at radius 2 is 1.94 bits per heavy atom. The number of aromatic nitrogens is 5. The Hall–Kier alpha value is -4.13. The highest BCUT2D eigenvalue weighted by Gasteiger charge is 2.42. The first-order valence-corrected chi connectivity index (χ1v) is 11.3. The van der Waals surface area contributed by atoms with Crippen molar-refractivity contribution in [3.63, 3.8) is 0 Å². The summed E-state index contributed by atoms with van der Waals surface area (Å²) < 4.78 is 53.4. The highest BCUT2D eigenvalue weighted by atomic mass is 32.1. The van der Waals surface area contributed by atoms with E-state index in [9.17, 15) is 22.4 Å². The Kier molecular flexibility index (Phi) is 5.79.